The molecule has 3 rings (SSSR count). The molecule has 1 unspecified atom stereocenters. The van der Waals surface area contributed by atoms with Gasteiger partial charge in [-0.2, -0.15) is 5.10 Å². The van der Waals surface area contributed by atoms with Gasteiger partial charge in [-0.15, -0.1) is 24.0 Å². The minimum Gasteiger partial charge on any atom is -0.444 e. The van der Waals surface area contributed by atoms with E-state index in [1.165, 1.54) is 0 Å². The van der Waals surface area contributed by atoms with Gasteiger partial charge >= 0.3 is 6.09 Å². The van der Waals surface area contributed by atoms with Gasteiger partial charge in [-0.3, -0.25) is 9.67 Å². The number of halogens is 1. The van der Waals surface area contributed by atoms with Crippen molar-refractivity contribution in [3.05, 3.63) is 18.0 Å². The first kappa shape index (κ1) is 24.7. The summed E-state index contributed by atoms with van der Waals surface area (Å²) >= 11 is 0. The summed E-state index contributed by atoms with van der Waals surface area (Å²) in [6, 6.07) is 0.298. The van der Waals surface area contributed by atoms with Crippen molar-refractivity contribution in [1.82, 2.24) is 24.9 Å². The summed E-state index contributed by atoms with van der Waals surface area (Å²) in [5.41, 5.74) is 0.584. The fourth-order valence-electron chi connectivity index (χ4n) is 3.40. The van der Waals surface area contributed by atoms with E-state index in [2.05, 4.69) is 20.3 Å². The Morgan fingerprint density at radius 2 is 2.17 bits per heavy atom. The van der Waals surface area contributed by atoms with E-state index in [0.717, 1.165) is 30.9 Å². The van der Waals surface area contributed by atoms with Crippen molar-refractivity contribution in [1.29, 1.82) is 0 Å². The Labute approximate surface area is 196 Å². The van der Waals surface area contributed by atoms with Gasteiger partial charge in [-0.05, 0) is 33.6 Å². The van der Waals surface area contributed by atoms with Crippen LogP contribution in [-0.4, -0.2) is 83.1 Å². The monoisotopic (exact) mass is 534 g/mol. The van der Waals surface area contributed by atoms with Crippen molar-refractivity contribution in [3.63, 3.8) is 0 Å². The van der Waals surface area contributed by atoms with Gasteiger partial charge in [0.1, 0.15) is 11.7 Å². The van der Waals surface area contributed by atoms with Crippen LogP contribution < -0.4 is 5.32 Å². The molecule has 9 nitrogen and oxygen atoms in total. The number of rotatable bonds is 5. The number of nitrogens with one attached hydrogen (secondary N) is 1. The number of carbonyl (C=O) groups excluding carboxylic acids is 1. The van der Waals surface area contributed by atoms with Gasteiger partial charge in [0, 0.05) is 51.5 Å². The first-order valence-electron chi connectivity index (χ1n) is 10.3. The van der Waals surface area contributed by atoms with E-state index in [0.29, 0.717) is 32.3 Å². The molecule has 1 aromatic heterocycles. The first-order valence-corrected chi connectivity index (χ1v) is 10.3. The highest BCUT2D eigenvalue weighted by Gasteiger charge is 2.35. The zero-order valence-corrected chi connectivity index (χ0v) is 21.0. The third kappa shape index (κ3) is 7.00. The minimum atomic E-state index is -0.483. The molecular formula is C20H35IN6O3. The molecule has 0 bridgehead atoms. The summed E-state index contributed by atoms with van der Waals surface area (Å²) in [6.07, 6.45) is 5.66. The number of hydrogen-bond donors (Lipinski definition) is 1. The van der Waals surface area contributed by atoms with Crippen LogP contribution >= 0.6 is 24.0 Å². The predicted molar refractivity (Wildman–Crippen MR) is 126 cm³/mol. The molecular weight excluding hydrogens is 499 g/mol. The quantitative estimate of drug-likeness (QED) is 0.355. The summed E-state index contributed by atoms with van der Waals surface area (Å²) in [7, 11) is 3.68. The zero-order chi connectivity index (χ0) is 21.0. The lowest BCUT2D eigenvalue weighted by molar-refractivity contribution is -0.00808. The number of aryl methyl sites for hydroxylation is 1. The van der Waals surface area contributed by atoms with E-state index in [1.807, 2.05) is 45.1 Å². The molecule has 1 aromatic rings. The Balaban J connectivity index is 0.00000320. The largest absolute Gasteiger partial charge is 0.444 e. The topological polar surface area (TPSA) is 84.2 Å². The maximum Gasteiger partial charge on any atom is 0.410 e. The number of hydrogen-bond acceptors (Lipinski definition) is 5. The summed E-state index contributed by atoms with van der Waals surface area (Å²) in [6.45, 7) is 9.02. The van der Waals surface area contributed by atoms with Crippen LogP contribution in [0, 0.1) is 0 Å². The third-order valence-corrected chi connectivity index (χ3v) is 4.93. The average Bonchev–Trinajstić information content (AvgIpc) is 3.40. The number of morpholine rings is 1. The van der Waals surface area contributed by atoms with Gasteiger partial charge < -0.3 is 24.6 Å². The summed E-state index contributed by atoms with van der Waals surface area (Å²) in [5.74, 6) is 0.821. The molecule has 2 fully saturated rings. The van der Waals surface area contributed by atoms with Gasteiger partial charge in [-0.25, -0.2) is 4.79 Å². The van der Waals surface area contributed by atoms with Gasteiger partial charge in [0.15, 0.2) is 5.96 Å². The Morgan fingerprint density at radius 3 is 2.73 bits per heavy atom. The molecule has 1 aliphatic carbocycles. The number of aliphatic imine (C=N–C) groups is 1. The third-order valence-electron chi connectivity index (χ3n) is 4.93. The molecule has 1 amide bonds. The van der Waals surface area contributed by atoms with Crippen molar-refractivity contribution in [2.24, 2.45) is 12.0 Å². The Hall–Kier alpha value is -1.56. The second-order valence-corrected chi connectivity index (χ2v) is 8.63. The van der Waals surface area contributed by atoms with Crippen LogP contribution in [0.15, 0.2) is 17.4 Å². The van der Waals surface area contributed by atoms with E-state index in [9.17, 15) is 4.79 Å². The molecule has 10 heteroatoms. The van der Waals surface area contributed by atoms with Crippen LogP contribution in [0.2, 0.25) is 0 Å². The second kappa shape index (κ2) is 10.7. The number of guanidine groups is 1. The predicted octanol–water partition coefficient (Wildman–Crippen LogP) is 2.39. The minimum absolute atomic E-state index is 0. The molecule has 30 heavy (non-hydrogen) atoms. The standard InChI is InChI=1S/C20H34N6O3.HI/c1-20(2,3)29-19(27)26(16-6-7-16)9-8-22-18(21-4)25-10-11-28-17(14-25)15-12-23-24(5)13-15;/h12-13,16-17H,6-11,14H2,1-5H3,(H,21,22);1H. The Kier molecular flexibility index (Phi) is 8.77. The highest BCUT2D eigenvalue weighted by atomic mass is 127. The number of ether oxygens (including phenoxy) is 2. The average molecular weight is 534 g/mol. The van der Waals surface area contributed by atoms with Crippen molar-refractivity contribution >= 4 is 36.0 Å². The van der Waals surface area contributed by atoms with E-state index in [-0.39, 0.29) is 36.2 Å². The maximum absolute atomic E-state index is 12.5. The van der Waals surface area contributed by atoms with Crippen molar-refractivity contribution < 1.29 is 14.3 Å². The van der Waals surface area contributed by atoms with Crippen LogP contribution in [0.1, 0.15) is 45.3 Å². The highest BCUT2D eigenvalue weighted by molar-refractivity contribution is 14.0. The van der Waals surface area contributed by atoms with Gasteiger partial charge in [-0.1, -0.05) is 0 Å². The summed E-state index contributed by atoms with van der Waals surface area (Å²) in [4.78, 5) is 21.0. The normalized spacial score (nSPS) is 19.8. The molecule has 1 N–H and O–H groups in total. The fourth-order valence-corrected chi connectivity index (χ4v) is 3.40. The van der Waals surface area contributed by atoms with Crippen LogP contribution in [0.25, 0.3) is 0 Å². The van der Waals surface area contributed by atoms with Crippen LogP contribution in [0.3, 0.4) is 0 Å². The van der Waals surface area contributed by atoms with Crippen molar-refractivity contribution in [3.8, 4) is 0 Å². The van der Waals surface area contributed by atoms with Crippen molar-refractivity contribution in [2.75, 3.05) is 39.8 Å². The molecule has 2 aliphatic rings. The molecule has 0 radical (unpaired) electrons. The molecule has 1 atom stereocenters. The number of aromatic nitrogens is 2. The van der Waals surface area contributed by atoms with Crippen LogP contribution in [-0.2, 0) is 16.5 Å². The molecule has 2 heterocycles. The van der Waals surface area contributed by atoms with E-state index >= 15 is 0 Å². The second-order valence-electron chi connectivity index (χ2n) is 8.63. The van der Waals surface area contributed by atoms with E-state index < -0.39 is 5.60 Å². The van der Waals surface area contributed by atoms with E-state index in [4.69, 9.17) is 9.47 Å². The highest BCUT2D eigenvalue weighted by Crippen LogP contribution is 2.28. The SMILES string of the molecule is CN=C(NCCN(C(=O)OC(C)(C)C)C1CC1)N1CCOC(c2cnn(C)c2)C1.I. The number of carbonyl (C=O) groups is 1. The van der Waals surface area contributed by atoms with Gasteiger partial charge in [0.25, 0.3) is 0 Å². The molecule has 0 spiro atoms. The maximum atomic E-state index is 12.5. The summed E-state index contributed by atoms with van der Waals surface area (Å²) < 4.78 is 13.3. The van der Waals surface area contributed by atoms with Crippen LogP contribution in [0.4, 0.5) is 4.79 Å². The Morgan fingerprint density at radius 1 is 1.43 bits per heavy atom. The molecule has 1 saturated heterocycles. The molecule has 0 aromatic carbocycles. The zero-order valence-electron chi connectivity index (χ0n) is 18.6. The molecule has 170 valence electrons. The molecule has 1 aliphatic heterocycles. The number of nitrogens with zero attached hydrogens (tertiary/aromatic N) is 5. The van der Waals surface area contributed by atoms with E-state index in [1.54, 1.807) is 11.7 Å². The van der Waals surface area contributed by atoms with Gasteiger partial charge in [0.05, 0.1) is 19.3 Å². The first-order chi connectivity index (χ1) is 13.8. The smallest absolute Gasteiger partial charge is 0.410 e. The van der Waals surface area contributed by atoms with Gasteiger partial charge in [0.2, 0.25) is 0 Å². The lowest BCUT2D eigenvalue weighted by Gasteiger charge is -2.35. The van der Waals surface area contributed by atoms with Crippen molar-refractivity contribution in [2.45, 2.75) is 51.4 Å². The molecule has 1 saturated carbocycles. The van der Waals surface area contributed by atoms with Crippen LogP contribution in [0.5, 0.6) is 0 Å². The lowest BCUT2D eigenvalue weighted by atomic mass is 10.1. The number of amides is 1. The fraction of sp³-hybridized carbons (Fsp3) is 0.750. The summed E-state index contributed by atoms with van der Waals surface area (Å²) in [5, 5.41) is 7.64. The Bertz CT molecular complexity index is 728. The lowest BCUT2D eigenvalue weighted by Crippen LogP contribution is -2.50.